The zero-order valence-corrected chi connectivity index (χ0v) is 13.1. The largest absolute Gasteiger partial charge is 0.346 e. The third-order valence-corrected chi connectivity index (χ3v) is 6.21. The first kappa shape index (κ1) is 12.8. The summed E-state index contributed by atoms with van der Waals surface area (Å²) in [6.07, 6.45) is 8.28. The lowest BCUT2D eigenvalue weighted by Crippen LogP contribution is -2.32. The average molecular weight is 327 g/mol. The lowest BCUT2D eigenvalue weighted by molar-refractivity contribution is 0.143. The smallest absolute Gasteiger partial charge is 0.144 e. The minimum Gasteiger partial charge on any atom is -0.346 e. The van der Waals surface area contributed by atoms with Crippen LogP contribution < -0.4 is 0 Å². The number of hydrogen-bond acceptors (Lipinski definition) is 2. The maximum atomic E-state index is 5.35. The lowest BCUT2D eigenvalue weighted by Gasteiger charge is -2.42. The van der Waals surface area contributed by atoms with Crippen molar-refractivity contribution in [1.82, 2.24) is 9.97 Å². The monoisotopic (exact) mass is 326 g/mol. The minimum absolute atomic E-state index is 0.626. The van der Waals surface area contributed by atoms with Crippen molar-refractivity contribution in [3.8, 4) is 0 Å². The van der Waals surface area contributed by atoms with Gasteiger partial charge in [-0.15, -0.1) is 0 Å². The van der Waals surface area contributed by atoms with Crippen LogP contribution in [0.5, 0.6) is 0 Å². The van der Waals surface area contributed by atoms with Crippen molar-refractivity contribution in [2.75, 3.05) is 0 Å². The molecule has 3 rings (SSSR count). The summed E-state index contributed by atoms with van der Waals surface area (Å²) < 4.78 is 1.66. The van der Waals surface area contributed by atoms with E-state index in [4.69, 9.17) is 12.2 Å². The Morgan fingerprint density at radius 2 is 1.78 bits per heavy atom. The van der Waals surface area contributed by atoms with E-state index >= 15 is 0 Å². The van der Waals surface area contributed by atoms with Crippen LogP contribution in [0, 0.1) is 23.4 Å². The quantitative estimate of drug-likeness (QED) is 0.801. The van der Waals surface area contributed by atoms with Crippen molar-refractivity contribution in [2.24, 2.45) is 11.8 Å². The molecule has 0 amide bonds. The summed E-state index contributed by atoms with van der Waals surface area (Å²) in [5.74, 6) is 3.46. The Bertz CT molecular complexity index is 489. The second-order valence-electron chi connectivity index (χ2n) is 5.77. The highest BCUT2D eigenvalue weighted by atomic mass is 79.9. The zero-order chi connectivity index (χ0) is 12.7. The van der Waals surface area contributed by atoms with Gasteiger partial charge in [-0.2, -0.15) is 0 Å². The van der Waals surface area contributed by atoms with Crippen molar-refractivity contribution in [2.45, 2.75) is 51.4 Å². The molecule has 2 fully saturated rings. The van der Waals surface area contributed by atoms with Crippen LogP contribution in [0.25, 0.3) is 0 Å². The Hall–Kier alpha value is -0.220. The lowest BCUT2D eigenvalue weighted by atomic mass is 9.64. The van der Waals surface area contributed by atoms with Crippen molar-refractivity contribution in [3.05, 3.63) is 20.6 Å². The second-order valence-corrected chi connectivity index (χ2v) is 6.95. The van der Waals surface area contributed by atoms with Crippen LogP contribution in [0.3, 0.4) is 0 Å². The van der Waals surface area contributed by atoms with E-state index < -0.39 is 0 Å². The molecule has 0 spiro atoms. The van der Waals surface area contributed by atoms with Crippen LogP contribution in [-0.2, 0) is 0 Å². The maximum Gasteiger partial charge on any atom is 0.144 e. The normalized spacial score (nSPS) is 20.8. The Labute approximate surface area is 122 Å². The number of nitrogens with one attached hydrogen (secondary N) is 1. The molecule has 0 unspecified atom stereocenters. The number of rotatable bonds is 3. The molecule has 2 aliphatic carbocycles. The SMILES string of the molecule is Cc1[nH]c(C(C2CCC2)C2CCC2)nc(=S)c1Br. The minimum atomic E-state index is 0.626. The van der Waals surface area contributed by atoms with Crippen LogP contribution in [-0.4, -0.2) is 9.97 Å². The molecule has 1 aromatic rings. The number of halogens is 1. The Balaban J connectivity index is 1.96. The number of hydrogen-bond donors (Lipinski definition) is 1. The molecule has 2 nitrogen and oxygen atoms in total. The van der Waals surface area contributed by atoms with E-state index in [1.807, 2.05) is 0 Å². The molecule has 1 N–H and O–H groups in total. The van der Waals surface area contributed by atoms with Gasteiger partial charge in [0, 0.05) is 11.6 Å². The second kappa shape index (κ2) is 5.04. The number of H-pyrrole nitrogens is 1. The number of aromatic amines is 1. The number of aryl methyl sites for hydroxylation is 1. The van der Waals surface area contributed by atoms with Gasteiger partial charge in [0.1, 0.15) is 10.5 Å². The van der Waals surface area contributed by atoms with Crippen molar-refractivity contribution < 1.29 is 0 Å². The van der Waals surface area contributed by atoms with E-state index in [2.05, 4.69) is 32.8 Å². The van der Waals surface area contributed by atoms with Gasteiger partial charge >= 0.3 is 0 Å². The van der Waals surface area contributed by atoms with Crippen molar-refractivity contribution >= 4 is 28.1 Å². The first-order valence-corrected chi connectivity index (χ1v) is 8.13. The summed E-state index contributed by atoms with van der Waals surface area (Å²) in [7, 11) is 0. The molecule has 0 atom stereocenters. The molecule has 1 heterocycles. The third-order valence-electron chi connectivity index (χ3n) is 4.69. The Morgan fingerprint density at radius 3 is 2.17 bits per heavy atom. The summed E-state index contributed by atoms with van der Waals surface area (Å²) in [6.45, 7) is 2.07. The van der Waals surface area contributed by atoms with Gasteiger partial charge in [0.05, 0.1) is 4.47 Å². The van der Waals surface area contributed by atoms with Gasteiger partial charge in [0.25, 0.3) is 0 Å². The van der Waals surface area contributed by atoms with Crippen molar-refractivity contribution in [1.29, 1.82) is 0 Å². The molecule has 0 radical (unpaired) electrons. The van der Waals surface area contributed by atoms with Gasteiger partial charge in [-0.05, 0) is 60.4 Å². The van der Waals surface area contributed by atoms with E-state index in [0.717, 1.165) is 27.8 Å². The number of aromatic nitrogens is 2. The number of nitrogens with zero attached hydrogens (tertiary/aromatic N) is 1. The standard InChI is InChI=1S/C14H19BrN2S/c1-8-12(15)14(18)17-13(16-8)11(9-4-2-5-9)10-6-3-7-10/h9-11H,2-7H2,1H3,(H,16,17,18). The molecular weight excluding hydrogens is 308 g/mol. The fraction of sp³-hybridized carbons (Fsp3) is 0.714. The van der Waals surface area contributed by atoms with Gasteiger partial charge in [0.2, 0.25) is 0 Å². The first-order valence-electron chi connectivity index (χ1n) is 6.93. The van der Waals surface area contributed by atoms with E-state index in [1.54, 1.807) is 0 Å². The van der Waals surface area contributed by atoms with Crippen LogP contribution in [0.4, 0.5) is 0 Å². The molecule has 4 heteroatoms. The zero-order valence-electron chi connectivity index (χ0n) is 10.7. The highest BCUT2D eigenvalue weighted by Gasteiger charge is 2.38. The third kappa shape index (κ3) is 2.18. The predicted octanol–water partition coefficient (Wildman–Crippen LogP) is 4.89. The van der Waals surface area contributed by atoms with Gasteiger partial charge in [0.15, 0.2) is 0 Å². The summed E-state index contributed by atoms with van der Waals surface area (Å²) >= 11 is 8.85. The van der Waals surface area contributed by atoms with Gasteiger partial charge in [-0.1, -0.05) is 25.1 Å². The summed E-state index contributed by atoms with van der Waals surface area (Å²) in [5.41, 5.74) is 1.12. The first-order chi connectivity index (χ1) is 8.66. The predicted molar refractivity (Wildman–Crippen MR) is 79.3 cm³/mol. The molecule has 0 aromatic carbocycles. The molecule has 0 bridgehead atoms. The molecule has 98 valence electrons. The Morgan fingerprint density at radius 1 is 1.22 bits per heavy atom. The molecule has 0 saturated heterocycles. The highest BCUT2D eigenvalue weighted by molar-refractivity contribution is 9.10. The Kier molecular flexibility index (Phi) is 3.59. The molecular formula is C14H19BrN2S. The summed E-state index contributed by atoms with van der Waals surface area (Å²) in [4.78, 5) is 8.14. The average Bonchev–Trinajstić information content (AvgIpc) is 2.19. The van der Waals surface area contributed by atoms with E-state index in [-0.39, 0.29) is 0 Å². The topological polar surface area (TPSA) is 28.7 Å². The molecule has 1 aromatic heterocycles. The van der Waals surface area contributed by atoms with Crippen LogP contribution in [0.15, 0.2) is 4.47 Å². The van der Waals surface area contributed by atoms with Crippen LogP contribution >= 0.6 is 28.1 Å². The molecule has 0 aliphatic heterocycles. The van der Waals surface area contributed by atoms with Crippen molar-refractivity contribution in [3.63, 3.8) is 0 Å². The highest BCUT2D eigenvalue weighted by Crippen LogP contribution is 2.49. The van der Waals surface area contributed by atoms with Gasteiger partial charge < -0.3 is 4.98 Å². The van der Waals surface area contributed by atoms with Crippen LogP contribution in [0.1, 0.15) is 56.0 Å². The van der Waals surface area contributed by atoms with Crippen LogP contribution in [0.2, 0.25) is 0 Å². The summed E-state index contributed by atoms with van der Waals surface area (Å²) in [6, 6.07) is 0. The summed E-state index contributed by atoms with van der Waals surface area (Å²) in [5, 5.41) is 0. The molecule has 18 heavy (non-hydrogen) atoms. The maximum absolute atomic E-state index is 5.35. The molecule has 2 saturated carbocycles. The van der Waals surface area contributed by atoms with Gasteiger partial charge in [-0.25, -0.2) is 4.98 Å². The van der Waals surface area contributed by atoms with E-state index in [1.165, 1.54) is 38.5 Å². The fourth-order valence-electron chi connectivity index (χ4n) is 3.18. The molecule has 2 aliphatic rings. The van der Waals surface area contributed by atoms with E-state index in [0.29, 0.717) is 10.6 Å². The van der Waals surface area contributed by atoms with Gasteiger partial charge in [-0.3, -0.25) is 0 Å². The fourth-order valence-corrected chi connectivity index (χ4v) is 3.62. The van der Waals surface area contributed by atoms with E-state index in [9.17, 15) is 0 Å².